The van der Waals surface area contributed by atoms with E-state index in [4.69, 9.17) is 4.42 Å². The molecule has 3 aromatic rings. The van der Waals surface area contributed by atoms with E-state index in [1.807, 2.05) is 24.4 Å². The first kappa shape index (κ1) is 14.3. The number of rotatable bonds is 4. The number of aromatic nitrogens is 1. The predicted molar refractivity (Wildman–Crippen MR) is 88.1 cm³/mol. The molecule has 0 saturated carbocycles. The minimum absolute atomic E-state index is 0.131. The summed E-state index contributed by atoms with van der Waals surface area (Å²) in [6, 6.07) is 12.5. The van der Waals surface area contributed by atoms with Crippen LogP contribution in [0.25, 0.3) is 11.0 Å². The fourth-order valence-corrected chi connectivity index (χ4v) is 2.81. The first-order chi connectivity index (χ1) is 10.1. The summed E-state index contributed by atoms with van der Waals surface area (Å²) >= 11 is 3.49. The summed E-state index contributed by atoms with van der Waals surface area (Å²) in [7, 11) is 0. The Morgan fingerprint density at radius 2 is 2.00 bits per heavy atom. The lowest BCUT2D eigenvalue weighted by molar-refractivity contribution is 0.417. The van der Waals surface area contributed by atoms with E-state index in [1.165, 1.54) is 5.56 Å². The monoisotopic (exact) mass is 344 g/mol. The van der Waals surface area contributed by atoms with Crippen LogP contribution in [0.15, 0.2) is 57.7 Å². The molecule has 1 aromatic carbocycles. The number of benzene rings is 1. The van der Waals surface area contributed by atoms with Crippen LogP contribution in [0, 0.1) is 0 Å². The third-order valence-electron chi connectivity index (χ3n) is 3.61. The number of furan rings is 1. The smallest absolute Gasteiger partial charge is 0.134 e. The molecule has 4 heteroatoms. The van der Waals surface area contributed by atoms with Gasteiger partial charge in [-0.3, -0.25) is 4.98 Å². The molecule has 0 amide bonds. The Morgan fingerprint density at radius 3 is 2.76 bits per heavy atom. The highest BCUT2D eigenvalue weighted by Gasteiger charge is 2.15. The third kappa shape index (κ3) is 3.17. The van der Waals surface area contributed by atoms with Crippen molar-refractivity contribution in [1.29, 1.82) is 0 Å². The molecular formula is C17H17BrN2O. The Labute approximate surface area is 132 Å². The van der Waals surface area contributed by atoms with Gasteiger partial charge in [-0.1, -0.05) is 22.0 Å². The molecule has 3 nitrogen and oxygen atoms in total. The third-order valence-corrected chi connectivity index (χ3v) is 4.10. The van der Waals surface area contributed by atoms with Crippen LogP contribution in [-0.2, 0) is 0 Å². The molecule has 0 aliphatic carbocycles. The number of nitrogens with zero attached hydrogens (tertiary/aromatic N) is 1. The first-order valence-corrected chi connectivity index (χ1v) is 7.78. The highest BCUT2D eigenvalue weighted by Crippen LogP contribution is 2.27. The molecule has 2 heterocycles. The zero-order valence-electron chi connectivity index (χ0n) is 12.0. The van der Waals surface area contributed by atoms with Crippen molar-refractivity contribution in [2.45, 2.75) is 25.9 Å². The van der Waals surface area contributed by atoms with Crippen molar-refractivity contribution in [2.75, 3.05) is 0 Å². The van der Waals surface area contributed by atoms with Gasteiger partial charge in [0.1, 0.15) is 11.3 Å². The summed E-state index contributed by atoms with van der Waals surface area (Å²) in [5.74, 6) is 0.943. The van der Waals surface area contributed by atoms with Gasteiger partial charge >= 0.3 is 0 Å². The number of nitrogens with one attached hydrogen (secondary N) is 1. The summed E-state index contributed by atoms with van der Waals surface area (Å²) < 4.78 is 6.98. The fourth-order valence-electron chi connectivity index (χ4n) is 2.43. The molecule has 0 spiro atoms. The fraction of sp³-hybridized carbons (Fsp3) is 0.235. The summed E-state index contributed by atoms with van der Waals surface area (Å²) in [5, 5.41) is 4.66. The van der Waals surface area contributed by atoms with Crippen molar-refractivity contribution in [3.8, 4) is 0 Å². The first-order valence-electron chi connectivity index (χ1n) is 6.98. The lowest BCUT2D eigenvalue weighted by Gasteiger charge is -2.18. The number of fused-ring (bicyclic) bond motifs is 1. The summed E-state index contributed by atoms with van der Waals surface area (Å²) in [5.41, 5.74) is 2.08. The Hall–Kier alpha value is -1.65. The Morgan fingerprint density at radius 1 is 1.14 bits per heavy atom. The van der Waals surface area contributed by atoms with Gasteiger partial charge < -0.3 is 9.73 Å². The molecular weight excluding hydrogens is 328 g/mol. The summed E-state index contributed by atoms with van der Waals surface area (Å²) in [6.07, 6.45) is 3.68. The zero-order chi connectivity index (χ0) is 14.8. The lowest BCUT2D eigenvalue weighted by Crippen LogP contribution is -2.22. The average Bonchev–Trinajstić information content (AvgIpc) is 2.91. The highest BCUT2D eigenvalue weighted by molar-refractivity contribution is 9.10. The Kier molecular flexibility index (Phi) is 4.08. The summed E-state index contributed by atoms with van der Waals surface area (Å²) in [6.45, 7) is 4.24. The number of halogens is 1. The second-order valence-electron chi connectivity index (χ2n) is 5.23. The number of pyridine rings is 1. The van der Waals surface area contributed by atoms with E-state index in [0.717, 1.165) is 21.2 Å². The van der Waals surface area contributed by atoms with Crippen LogP contribution < -0.4 is 5.32 Å². The Bertz CT molecular complexity index is 739. The van der Waals surface area contributed by atoms with E-state index in [0.29, 0.717) is 0 Å². The largest absolute Gasteiger partial charge is 0.459 e. The second-order valence-corrected chi connectivity index (χ2v) is 6.14. The minimum atomic E-state index is 0.131. The minimum Gasteiger partial charge on any atom is -0.459 e. The molecule has 2 atom stereocenters. The van der Waals surface area contributed by atoms with Gasteiger partial charge in [0, 0.05) is 28.3 Å². The van der Waals surface area contributed by atoms with Gasteiger partial charge in [0.05, 0.1) is 6.04 Å². The average molecular weight is 345 g/mol. The van der Waals surface area contributed by atoms with Crippen molar-refractivity contribution < 1.29 is 4.42 Å². The molecule has 0 radical (unpaired) electrons. The van der Waals surface area contributed by atoms with E-state index in [2.05, 4.69) is 58.3 Å². The lowest BCUT2D eigenvalue weighted by atomic mass is 10.1. The van der Waals surface area contributed by atoms with E-state index in [1.54, 1.807) is 6.20 Å². The standard InChI is InChI=1S/C17H17BrN2O/c1-11(13-4-3-7-19-10-13)20-12(2)17-9-14-8-15(18)5-6-16(14)21-17/h3-12,20H,1-2H3. The van der Waals surface area contributed by atoms with Gasteiger partial charge in [0.2, 0.25) is 0 Å². The molecule has 1 N–H and O–H groups in total. The zero-order valence-corrected chi connectivity index (χ0v) is 13.6. The molecule has 0 saturated heterocycles. The van der Waals surface area contributed by atoms with Crippen molar-refractivity contribution in [2.24, 2.45) is 0 Å². The van der Waals surface area contributed by atoms with Gasteiger partial charge in [0.15, 0.2) is 0 Å². The molecule has 108 valence electrons. The van der Waals surface area contributed by atoms with Gasteiger partial charge in [0.25, 0.3) is 0 Å². The molecule has 2 aromatic heterocycles. The molecule has 21 heavy (non-hydrogen) atoms. The van der Waals surface area contributed by atoms with Crippen molar-refractivity contribution in [1.82, 2.24) is 10.3 Å². The quantitative estimate of drug-likeness (QED) is 0.723. The molecule has 2 unspecified atom stereocenters. The van der Waals surface area contributed by atoms with Crippen LogP contribution in [0.1, 0.15) is 37.3 Å². The predicted octanol–water partition coefficient (Wildman–Crippen LogP) is 5.00. The number of hydrogen-bond donors (Lipinski definition) is 1. The van der Waals surface area contributed by atoms with E-state index < -0.39 is 0 Å². The maximum Gasteiger partial charge on any atom is 0.134 e. The van der Waals surface area contributed by atoms with Gasteiger partial charge in [-0.05, 0) is 49.7 Å². The maximum absolute atomic E-state index is 5.92. The van der Waals surface area contributed by atoms with Crippen LogP contribution in [0.3, 0.4) is 0 Å². The topological polar surface area (TPSA) is 38.1 Å². The molecule has 0 aliphatic heterocycles. The van der Waals surface area contributed by atoms with Gasteiger partial charge in [-0.2, -0.15) is 0 Å². The van der Waals surface area contributed by atoms with Crippen LogP contribution in [0.5, 0.6) is 0 Å². The second kappa shape index (κ2) is 6.00. The highest BCUT2D eigenvalue weighted by atomic mass is 79.9. The van der Waals surface area contributed by atoms with E-state index >= 15 is 0 Å². The number of hydrogen-bond acceptors (Lipinski definition) is 3. The summed E-state index contributed by atoms with van der Waals surface area (Å²) in [4.78, 5) is 4.16. The normalized spacial score (nSPS) is 14.2. The SMILES string of the molecule is CC(NC(C)c1cc2cc(Br)ccc2o1)c1cccnc1. The van der Waals surface area contributed by atoms with Crippen molar-refractivity contribution in [3.63, 3.8) is 0 Å². The molecule has 0 bridgehead atoms. The van der Waals surface area contributed by atoms with E-state index in [9.17, 15) is 0 Å². The molecule has 3 rings (SSSR count). The van der Waals surface area contributed by atoms with Crippen LogP contribution in [0.2, 0.25) is 0 Å². The van der Waals surface area contributed by atoms with E-state index in [-0.39, 0.29) is 12.1 Å². The molecule has 0 aliphatic rings. The van der Waals surface area contributed by atoms with Crippen LogP contribution in [0.4, 0.5) is 0 Å². The van der Waals surface area contributed by atoms with Crippen molar-refractivity contribution >= 4 is 26.9 Å². The van der Waals surface area contributed by atoms with Crippen molar-refractivity contribution in [3.05, 3.63) is 64.6 Å². The van der Waals surface area contributed by atoms with Crippen LogP contribution in [-0.4, -0.2) is 4.98 Å². The molecule has 0 fully saturated rings. The Balaban J connectivity index is 1.79. The van der Waals surface area contributed by atoms with Gasteiger partial charge in [-0.15, -0.1) is 0 Å². The van der Waals surface area contributed by atoms with Crippen LogP contribution >= 0.6 is 15.9 Å². The maximum atomic E-state index is 5.92. The van der Waals surface area contributed by atoms with Gasteiger partial charge in [-0.25, -0.2) is 0 Å².